The maximum absolute atomic E-state index is 12.5. The Morgan fingerprint density at radius 2 is 2.14 bits per heavy atom. The highest BCUT2D eigenvalue weighted by Crippen LogP contribution is 2.36. The first kappa shape index (κ1) is 11.9. The predicted octanol–water partition coefficient (Wildman–Crippen LogP) is 3.60. The Morgan fingerprint density at radius 3 is 2.64 bits per heavy atom. The monoisotopic (exact) mass is 224 g/mol. The molecule has 0 saturated heterocycles. The summed E-state index contributed by atoms with van der Waals surface area (Å²) in [6.07, 6.45) is 4.02. The summed E-state index contributed by atoms with van der Waals surface area (Å²) in [6, 6.07) is 0. The number of rotatable bonds is 3. The highest BCUT2D eigenvalue weighted by molar-refractivity contribution is 6.32. The summed E-state index contributed by atoms with van der Waals surface area (Å²) in [4.78, 5) is 11.2. The third-order valence-corrected chi connectivity index (χ3v) is 3.20. The van der Waals surface area contributed by atoms with Crippen molar-refractivity contribution in [3.63, 3.8) is 0 Å². The van der Waals surface area contributed by atoms with Crippen molar-refractivity contribution >= 4 is 17.4 Å². The molecular weight excluding hydrogens is 210 g/mol. The molecule has 1 nitrogen and oxygen atoms in total. The standard InChI is InChI=1S/C10H15ClF2O/c1-2-7-4-3-5-8(6-7)9(14)10(11,12)13/h7-8H,2-6H2,1H3. The first-order valence-electron chi connectivity index (χ1n) is 5.06. The normalized spacial score (nSPS) is 28.9. The number of hydrogen-bond acceptors (Lipinski definition) is 1. The molecule has 1 aliphatic carbocycles. The molecule has 2 atom stereocenters. The van der Waals surface area contributed by atoms with Crippen LogP contribution in [0.25, 0.3) is 0 Å². The zero-order valence-electron chi connectivity index (χ0n) is 8.23. The molecule has 0 aromatic heterocycles. The number of ketones is 1. The van der Waals surface area contributed by atoms with Crippen LogP contribution in [0.15, 0.2) is 0 Å². The van der Waals surface area contributed by atoms with Gasteiger partial charge >= 0.3 is 5.38 Å². The Kier molecular flexibility index (Phi) is 3.87. The van der Waals surface area contributed by atoms with Crippen molar-refractivity contribution in [2.75, 3.05) is 0 Å². The molecule has 1 fully saturated rings. The minimum Gasteiger partial charge on any atom is -0.291 e. The topological polar surface area (TPSA) is 17.1 Å². The summed E-state index contributed by atoms with van der Waals surface area (Å²) >= 11 is 4.72. The number of carbonyl (C=O) groups is 1. The van der Waals surface area contributed by atoms with Crippen molar-refractivity contribution in [2.24, 2.45) is 11.8 Å². The predicted molar refractivity (Wildman–Crippen MR) is 51.5 cm³/mol. The van der Waals surface area contributed by atoms with E-state index in [0.29, 0.717) is 18.8 Å². The van der Waals surface area contributed by atoms with Gasteiger partial charge in [-0.15, -0.1) is 0 Å². The Morgan fingerprint density at radius 1 is 1.50 bits per heavy atom. The molecule has 1 rings (SSSR count). The summed E-state index contributed by atoms with van der Waals surface area (Å²) in [5.74, 6) is -1.20. The third kappa shape index (κ3) is 2.91. The molecule has 2 unspecified atom stereocenters. The molecule has 1 aliphatic rings. The molecular formula is C10H15ClF2O. The van der Waals surface area contributed by atoms with Crippen LogP contribution in [0, 0.1) is 11.8 Å². The van der Waals surface area contributed by atoms with Crippen LogP contribution in [0.5, 0.6) is 0 Å². The van der Waals surface area contributed by atoms with E-state index in [-0.39, 0.29) is 0 Å². The molecule has 0 N–H and O–H groups in total. The smallest absolute Gasteiger partial charge is 0.291 e. The summed E-state index contributed by atoms with van der Waals surface area (Å²) in [7, 11) is 0. The van der Waals surface area contributed by atoms with Crippen LogP contribution in [-0.2, 0) is 4.79 Å². The first-order chi connectivity index (χ1) is 6.45. The molecule has 0 bridgehead atoms. The van der Waals surface area contributed by atoms with Crippen molar-refractivity contribution in [2.45, 2.75) is 44.4 Å². The van der Waals surface area contributed by atoms with Gasteiger partial charge in [-0.05, 0) is 30.4 Å². The van der Waals surface area contributed by atoms with E-state index in [1.807, 2.05) is 6.92 Å². The number of Topliss-reactive ketones (excluding diaryl/α,β-unsaturated/α-hetero) is 1. The average molecular weight is 225 g/mol. The second-order valence-electron chi connectivity index (χ2n) is 4.00. The van der Waals surface area contributed by atoms with E-state index in [9.17, 15) is 13.6 Å². The fourth-order valence-electron chi connectivity index (χ4n) is 2.13. The lowest BCUT2D eigenvalue weighted by molar-refractivity contribution is -0.139. The van der Waals surface area contributed by atoms with E-state index in [4.69, 9.17) is 11.6 Å². The van der Waals surface area contributed by atoms with Gasteiger partial charge < -0.3 is 0 Å². The Bertz CT molecular complexity index is 213. The second kappa shape index (κ2) is 4.56. The molecule has 4 heteroatoms. The number of alkyl halides is 3. The maximum atomic E-state index is 12.5. The van der Waals surface area contributed by atoms with Crippen molar-refractivity contribution in [1.82, 2.24) is 0 Å². The van der Waals surface area contributed by atoms with Crippen LogP contribution in [0.3, 0.4) is 0 Å². The highest BCUT2D eigenvalue weighted by atomic mass is 35.5. The molecule has 0 aliphatic heterocycles. The van der Waals surface area contributed by atoms with Crippen LogP contribution in [0.2, 0.25) is 0 Å². The molecule has 14 heavy (non-hydrogen) atoms. The van der Waals surface area contributed by atoms with Crippen molar-refractivity contribution in [1.29, 1.82) is 0 Å². The summed E-state index contributed by atoms with van der Waals surface area (Å²) in [6.45, 7) is 2.02. The zero-order chi connectivity index (χ0) is 10.8. The lowest BCUT2D eigenvalue weighted by atomic mass is 9.78. The van der Waals surface area contributed by atoms with Gasteiger partial charge in [0, 0.05) is 5.92 Å². The molecule has 82 valence electrons. The van der Waals surface area contributed by atoms with Gasteiger partial charge in [0.25, 0.3) is 0 Å². The van der Waals surface area contributed by atoms with Gasteiger partial charge in [-0.1, -0.05) is 26.2 Å². The van der Waals surface area contributed by atoms with Gasteiger partial charge in [0.05, 0.1) is 0 Å². The minimum absolute atomic E-state index is 0.414. The third-order valence-electron chi connectivity index (χ3n) is 3.01. The number of hydrogen-bond donors (Lipinski definition) is 0. The van der Waals surface area contributed by atoms with E-state index in [2.05, 4.69) is 0 Å². The molecule has 1 saturated carbocycles. The van der Waals surface area contributed by atoms with Gasteiger partial charge in [0.1, 0.15) is 0 Å². The van der Waals surface area contributed by atoms with Crippen molar-refractivity contribution < 1.29 is 13.6 Å². The molecule has 0 radical (unpaired) electrons. The van der Waals surface area contributed by atoms with E-state index in [0.717, 1.165) is 19.3 Å². The summed E-state index contributed by atoms with van der Waals surface area (Å²) < 4.78 is 25.1. The fraction of sp³-hybridized carbons (Fsp3) is 0.900. The summed E-state index contributed by atoms with van der Waals surface area (Å²) in [5.41, 5.74) is 0. The van der Waals surface area contributed by atoms with Crippen molar-refractivity contribution in [3.8, 4) is 0 Å². The number of halogens is 3. The van der Waals surface area contributed by atoms with Crippen LogP contribution in [0.4, 0.5) is 8.78 Å². The Hall–Kier alpha value is -0.180. The van der Waals surface area contributed by atoms with Crippen molar-refractivity contribution in [3.05, 3.63) is 0 Å². The molecule has 0 aromatic rings. The highest BCUT2D eigenvalue weighted by Gasteiger charge is 2.42. The number of carbonyl (C=O) groups excluding carboxylic acids is 1. The van der Waals surface area contributed by atoms with Crippen LogP contribution in [0.1, 0.15) is 39.0 Å². The van der Waals surface area contributed by atoms with Gasteiger partial charge in [-0.3, -0.25) is 4.79 Å². The summed E-state index contributed by atoms with van der Waals surface area (Å²) in [5, 5.41) is -3.67. The molecule has 0 aromatic carbocycles. The first-order valence-corrected chi connectivity index (χ1v) is 5.44. The molecule has 0 heterocycles. The minimum atomic E-state index is -3.67. The van der Waals surface area contributed by atoms with Gasteiger partial charge in [0.15, 0.2) is 0 Å². The molecule has 0 spiro atoms. The van der Waals surface area contributed by atoms with E-state index in [1.54, 1.807) is 0 Å². The average Bonchev–Trinajstić information content (AvgIpc) is 2.15. The SMILES string of the molecule is CCC1CCCC(C(=O)C(F)(F)Cl)C1. The van der Waals surface area contributed by atoms with Crippen LogP contribution >= 0.6 is 11.6 Å². The fourth-order valence-corrected chi connectivity index (χ4v) is 2.29. The second-order valence-corrected chi connectivity index (χ2v) is 4.47. The maximum Gasteiger partial charge on any atom is 0.380 e. The van der Waals surface area contributed by atoms with E-state index in [1.165, 1.54) is 0 Å². The quantitative estimate of drug-likeness (QED) is 0.670. The van der Waals surface area contributed by atoms with Gasteiger partial charge in [-0.25, -0.2) is 0 Å². The largest absolute Gasteiger partial charge is 0.380 e. The molecule has 0 amide bonds. The lowest BCUT2D eigenvalue weighted by Crippen LogP contribution is -2.32. The zero-order valence-corrected chi connectivity index (χ0v) is 8.99. The Labute approximate surface area is 87.8 Å². The van der Waals surface area contributed by atoms with E-state index >= 15 is 0 Å². The van der Waals surface area contributed by atoms with Crippen LogP contribution < -0.4 is 0 Å². The van der Waals surface area contributed by atoms with Gasteiger partial charge in [-0.2, -0.15) is 8.78 Å². The van der Waals surface area contributed by atoms with Gasteiger partial charge in [0.2, 0.25) is 5.78 Å². The van der Waals surface area contributed by atoms with Crippen LogP contribution in [-0.4, -0.2) is 11.2 Å². The van der Waals surface area contributed by atoms with E-state index < -0.39 is 17.1 Å². The Balaban J connectivity index is 2.56. The lowest BCUT2D eigenvalue weighted by Gasteiger charge is -2.28.